The van der Waals surface area contributed by atoms with Gasteiger partial charge in [0, 0.05) is 24.7 Å². The molecule has 0 bridgehead atoms. The Balaban J connectivity index is 2.10. The Morgan fingerprint density at radius 1 is 1.58 bits per heavy atom. The Bertz CT molecular complexity index is 124. The first-order valence-corrected chi connectivity index (χ1v) is 4.88. The van der Waals surface area contributed by atoms with Crippen molar-refractivity contribution in [3.63, 3.8) is 0 Å². The molecule has 0 aromatic rings. The number of aliphatic hydroxyl groups excluding tert-OH is 1. The third-order valence-electron chi connectivity index (χ3n) is 2.62. The maximum absolute atomic E-state index is 8.76. The van der Waals surface area contributed by atoms with E-state index in [0.717, 1.165) is 25.7 Å². The summed E-state index contributed by atoms with van der Waals surface area (Å²) in [7, 11) is 0. The van der Waals surface area contributed by atoms with Crippen molar-refractivity contribution in [1.82, 2.24) is 5.32 Å². The Labute approximate surface area is 74.3 Å². The van der Waals surface area contributed by atoms with E-state index >= 15 is 0 Å². The molecule has 0 amide bonds. The van der Waals surface area contributed by atoms with Crippen molar-refractivity contribution in [2.75, 3.05) is 6.61 Å². The van der Waals surface area contributed by atoms with E-state index in [0.29, 0.717) is 18.1 Å². The van der Waals surface area contributed by atoms with Gasteiger partial charge in [0.15, 0.2) is 0 Å². The van der Waals surface area contributed by atoms with E-state index in [1.54, 1.807) is 0 Å². The zero-order valence-electron chi connectivity index (χ0n) is 7.79. The molecule has 12 heavy (non-hydrogen) atoms. The minimum atomic E-state index is 0.282. The number of nitrogens with two attached hydrogens (primary N) is 1. The van der Waals surface area contributed by atoms with Gasteiger partial charge >= 0.3 is 0 Å². The monoisotopic (exact) mass is 172 g/mol. The fourth-order valence-electron chi connectivity index (χ4n) is 1.69. The first kappa shape index (κ1) is 9.96. The lowest BCUT2D eigenvalue weighted by atomic mass is 9.87. The van der Waals surface area contributed by atoms with E-state index in [-0.39, 0.29) is 6.61 Å². The maximum atomic E-state index is 8.76. The molecular weight excluding hydrogens is 152 g/mol. The van der Waals surface area contributed by atoms with Gasteiger partial charge in [0.05, 0.1) is 0 Å². The zero-order chi connectivity index (χ0) is 8.97. The summed E-state index contributed by atoms with van der Waals surface area (Å²) >= 11 is 0. The van der Waals surface area contributed by atoms with E-state index in [1.165, 1.54) is 0 Å². The number of aliphatic hydroxyl groups is 1. The Kier molecular flexibility index (Phi) is 3.98. The minimum Gasteiger partial charge on any atom is -0.396 e. The van der Waals surface area contributed by atoms with Crippen molar-refractivity contribution < 1.29 is 5.11 Å². The van der Waals surface area contributed by atoms with Gasteiger partial charge in [-0.3, -0.25) is 0 Å². The Hall–Kier alpha value is -0.120. The quantitative estimate of drug-likeness (QED) is 0.556. The third kappa shape index (κ3) is 2.73. The molecule has 1 rings (SSSR count). The summed E-state index contributed by atoms with van der Waals surface area (Å²) in [4.78, 5) is 0. The summed E-state index contributed by atoms with van der Waals surface area (Å²) < 4.78 is 0. The molecule has 0 heterocycles. The van der Waals surface area contributed by atoms with Crippen LogP contribution in [-0.4, -0.2) is 29.8 Å². The van der Waals surface area contributed by atoms with Crippen LogP contribution in [0.1, 0.15) is 32.6 Å². The second-order valence-electron chi connectivity index (χ2n) is 3.71. The Morgan fingerprint density at radius 2 is 2.25 bits per heavy atom. The van der Waals surface area contributed by atoms with Crippen molar-refractivity contribution in [3.8, 4) is 0 Å². The fraction of sp³-hybridized carbons (Fsp3) is 1.00. The molecule has 1 aliphatic carbocycles. The predicted molar refractivity (Wildman–Crippen MR) is 49.9 cm³/mol. The van der Waals surface area contributed by atoms with Gasteiger partial charge in [-0.25, -0.2) is 0 Å². The van der Waals surface area contributed by atoms with Gasteiger partial charge in [0.1, 0.15) is 0 Å². The molecular formula is C9H20N2O. The van der Waals surface area contributed by atoms with Crippen LogP contribution in [0.5, 0.6) is 0 Å². The highest BCUT2D eigenvalue weighted by Crippen LogP contribution is 2.18. The summed E-state index contributed by atoms with van der Waals surface area (Å²) in [6.45, 7) is 2.43. The first-order chi connectivity index (χ1) is 5.76. The number of hydrogen-bond donors (Lipinski definition) is 3. The van der Waals surface area contributed by atoms with Crippen LogP contribution in [0.4, 0.5) is 0 Å². The maximum Gasteiger partial charge on any atom is 0.0445 e. The number of hydrogen-bond acceptors (Lipinski definition) is 3. The molecule has 1 aliphatic rings. The van der Waals surface area contributed by atoms with Crippen LogP contribution < -0.4 is 11.1 Å². The summed E-state index contributed by atoms with van der Waals surface area (Å²) in [5.41, 5.74) is 5.67. The predicted octanol–water partition coefficient (Wildman–Crippen LogP) is 0.227. The lowest BCUT2D eigenvalue weighted by molar-refractivity contribution is 0.222. The van der Waals surface area contributed by atoms with Gasteiger partial charge in [0.2, 0.25) is 0 Å². The van der Waals surface area contributed by atoms with Gasteiger partial charge in [-0.05, 0) is 25.7 Å². The van der Waals surface area contributed by atoms with Gasteiger partial charge < -0.3 is 16.2 Å². The highest BCUT2D eigenvalue weighted by atomic mass is 16.3. The van der Waals surface area contributed by atoms with E-state index < -0.39 is 0 Å². The SMILES string of the molecule is CCC(CCO)NC1CC(N)C1. The average Bonchev–Trinajstić information content (AvgIpc) is 2.00. The summed E-state index contributed by atoms with van der Waals surface area (Å²) in [6, 6.07) is 1.50. The normalized spacial score (nSPS) is 31.2. The van der Waals surface area contributed by atoms with E-state index in [9.17, 15) is 0 Å². The Morgan fingerprint density at radius 3 is 2.67 bits per heavy atom. The standard InChI is InChI=1S/C9H20N2O/c1-2-8(3-4-12)11-9-5-7(10)6-9/h7-9,11-12H,2-6,10H2,1H3. The molecule has 72 valence electrons. The molecule has 0 saturated heterocycles. The van der Waals surface area contributed by atoms with Gasteiger partial charge in [-0.15, -0.1) is 0 Å². The van der Waals surface area contributed by atoms with E-state index in [2.05, 4.69) is 12.2 Å². The van der Waals surface area contributed by atoms with Crippen LogP contribution in [-0.2, 0) is 0 Å². The molecule has 1 fully saturated rings. The van der Waals surface area contributed by atoms with Crippen LogP contribution in [0, 0.1) is 0 Å². The third-order valence-corrected chi connectivity index (χ3v) is 2.62. The lowest BCUT2D eigenvalue weighted by Crippen LogP contribution is -2.51. The second kappa shape index (κ2) is 4.80. The first-order valence-electron chi connectivity index (χ1n) is 4.88. The molecule has 4 N–H and O–H groups in total. The summed E-state index contributed by atoms with van der Waals surface area (Å²) in [5.74, 6) is 0. The van der Waals surface area contributed by atoms with Crippen molar-refractivity contribution in [2.45, 2.75) is 50.7 Å². The van der Waals surface area contributed by atoms with E-state index in [1.807, 2.05) is 0 Å². The van der Waals surface area contributed by atoms with Crippen LogP contribution >= 0.6 is 0 Å². The minimum absolute atomic E-state index is 0.282. The second-order valence-corrected chi connectivity index (χ2v) is 3.71. The largest absolute Gasteiger partial charge is 0.396 e. The molecule has 1 saturated carbocycles. The molecule has 1 atom stereocenters. The molecule has 0 spiro atoms. The topological polar surface area (TPSA) is 58.3 Å². The molecule has 3 heteroatoms. The van der Waals surface area contributed by atoms with Crippen LogP contribution in [0.3, 0.4) is 0 Å². The molecule has 0 radical (unpaired) electrons. The van der Waals surface area contributed by atoms with Gasteiger partial charge in [-0.2, -0.15) is 0 Å². The van der Waals surface area contributed by atoms with Gasteiger partial charge in [0.25, 0.3) is 0 Å². The number of rotatable bonds is 5. The highest BCUT2D eigenvalue weighted by molar-refractivity contribution is 4.89. The van der Waals surface area contributed by atoms with Gasteiger partial charge in [-0.1, -0.05) is 6.92 Å². The molecule has 0 aromatic carbocycles. The molecule has 3 nitrogen and oxygen atoms in total. The smallest absolute Gasteiger partial charge is 0.0445 e. The zero-order valence-corrected chi connectivity index (χ0v) is 7.79. The average molecular weight is 172 g/mol. The van der Waals surface area contributed by atoms with Crippen LogP contribution in [0.25, 0.3) is 0 Å². The highest BCUT2D eigenvalue weighted by Gasteiger charge is 2.26. The fourth-order valence-corrected chi connectivity index (χ4v) is 1.69. The van der Waals surface area contributed by atoms with Crippen molar-refractivity contribution >= 4 is 0 Å². The molecule has 1 unspecified atom stereocenters. The summed E-state index contributed by atoms with van der Waals surface area (Å²) in [6.07, 6.45) is 4.15. The van der Waals surface area contributed by atoms with Crippen molar-refractivity contribution in [1.29, 1.82) is 0 Å². The lowest BCUT2D eigenvalue weighted by Gasteiger charge is -2.36. The van der Waals surface area contributed by atoms with Crippen LogP contribution in [0.15, 0.2) is 0 Å². The van der Waals surface area contributed by atoms with Crippen molar-refractivity contribution in [3.05, 3.63) is 0 Å². The van der Waals surface area contributed by atoms with E-state index in [4.69, 9.17) is 10.8 Å². The number of nitrogens with one attached hydrogen (secondary N) is 1. The van der Waals surface area contributed by atoms with Crippen molar-refractivity contribution in [2.24, 2.45) is 5.73 Å². The summed E-state index contributed by atoms with van der Waals surface area (Å²) in [5, 5.41) is 12.3. The molecule has 0 aliphatic heterocycles. The molecule has 0 aromatic heterocycles. The van der Waals surface area contributed by atoms with Crippen LogP contribution in [0.2, 0.25) is 0 Å².